The minimum Gasteiger partial charge on any atom is -0.480 e. The average Bonchev–Trinajstić information content (AvgIpc) is 2.48. The van der Waals surface area contributed by atoms with E-state index in [-0.39, 0.29) is 19.4 Å². The number of hydrogen-bond donors (Lipinski definition) is 3. The molecule has 3 atom stereocenters. The van der Waals surface area contributed by atoms with Crippen LogP contribution in [0.15, 0.2) is 0 Å². The normalized spacial score (nSPS) is 34.4. The summed E-state index contributed by atoms with van der Waals surface area (Å²) in [5.41, 5.74) is -1.30. The van der Waals surface area contributed by atoms with E-state index in [1.54, 1.807) is 0 Å². The van der Waals surface area contributed by atoms with Gasteiger partial charge in [-0.15, -0.1) is 0 Å². The Hall–Kier alpha value is -0.200. The largest absolute Gasteiger partial charge is 0.480 e. The van der Waals surface area contributed by atoms with Crippen molar-refractivity contribution in [1.82, 2.24) is 5.32 Å². The van der Waals surface area contributed by atoms with Gasteiger partial charge in [0.1, 0.15) is 11.7 Å². The van der Waals surface area contributed by atoms with Crippen LogP contribution in [-0.4, -0.2) is 45.9 Å². The first kappa shape index (κ1) is 11.9. The maximum Gasteiger partial charge on any atom is 0.324 e. The van der Waals surface area contributed by atoms with Crippen molar-refractivity contribution in [3.63, 3.8) is 0 Å². The zero-order valence-electron chi connectivity index (χ0n) is 7.54. The lowest BCUT2D eigenvalue weighted by molar-refractivity contribution is -0.145. The first-order valence-corrected chi connectivity index (χ1v) is 5.49. The zero-order chi connectivity index (χ0) is 10.8. The molecule has 82 valence electrons. The third-order valence-corrected chi connectivity index (χ3v) is 3.15. The molecule has 1 unspecified atom stereocenters. The second-order valence-corrected chi connectivity index (χ2v) is 4.23. The summed E-state index contributed by atoms with van der Waals surface area (Å²) in [7, 11) is 0. The lowest BCUT2D eigenvalue weighted by atomic mass is 9.90. The number of aliphatic hydroxyl groups is 1. The van der Waals surface area contributed by atoms with Crippen molar-refractivity contribution >= 4 is 21.9 Å². The van der Waals surface area contributed by atoms with E-state index in [2.05, 4.69) is 21.2 Å². The van der Waals surface area contributed by atoms with Crippen LogP contribution in [0.4, 0.5) is 4.39 Å². The van der Waals surface area contributed by atoms with Crippen LogP contribution in [0, 0.1) is 0 Å². The van der Waals surface area contributed by atoms with E-state index < -0.39 is 23.8 Å². The van der Waals surface area contributed by atoms with Crippen LogP contribution in [0.3, 0.4) is 0 Å². The van der Waals surface area contributed by atoms with Crippen LogP contribution in [0.25, 0.3) is 0 Å². The quantitative estimate of drug-likeness (QED) is 0.642. The van der Waals surface area contributed by atoms with E-state index >= 15 is 0 Å². The first-order valence-electron chi connectivity index (χ1n) is 4.37. The summed E-state index contributed by atoms with van der Waals surface area (Å²) in [6.07, 6.45) is -1.97. The first-order chi connectivity index (χ1) is 6.50. The van der Waals surface area contributed by atoms with E-state index in [0.717, 1.165) is 0 Å². The van der Waals surface area contributed by atoms with Gasteiger partial charge in [0.25, 0.3) is 0 Å². The molecule has 1 fully saturated rings. The highest BCUT2D eigenvalue weighted by atomic mass is 79.9. The third kappa shape index (κ3) is 2.43. The monoisotopic (exact) mass is 269 g/mol. The van der Waals surface area contributed by atoms with E-state index in [9.17, 15) is 14.3 Å². The molecule has 14 heavy (non-hydrogen) atoms. The number of aliphatic hydroxyl groups excluding tert-OH is 1. The number of hydrogen-bond acceptors (Lipinski definition) is 3. The molecule has 3 N–H and O–H groups in total. The van der Waals surface area contributed by atoms with Gasteiger partial charge < -0.3 is 10.2 Å². The van der Waals surface area contributed by atoms with Gasteiger partial charge in [-0.2, -0.15) is 0 Å². The molecule has 0 aromatic rings. The molecule has 0 saturated carbocycles. The zero-order valence-corrected chi connectivity index (χ0v) is 9.13. The number of carboxylic acid groups (broad SMARTS) is 1. The number of carboxylic acids is 1. The van der Waals surface area contributed by atoms with Gasteiger partial charge in [-0.05, 0) is 0 Å². The SMILES string of the molecule is O=C(O)[C@]1(CC(O)CBr)C[C@@H](F)CN1. The number of aliphatic carboxylic acids is 1. The Bertz CT molecular complexity index is 229. The predicted octanol–water partition coefficient (Wildman–Crippen LogP) is 0.287. The molecule has 0 aromatic carbocycles. The molecule has 6 heteroatoms. The van der Waals surface area contributed by atoms with Crippen LogP contribution >= 0.6 is 15.9 Å². The molecule has 4 nitrogen and oxygen atoms in total. The summed E-state index contributed by atoms with van der Waals surface area (Å²) in [6.45, 7) is 0.0430. The Kier molecular flexibility index (Phi) is 3.86. The van der Waals surface area contributed by atoms with Crippen molar-refractivity contribution in [2.75, 3.05) is 11.9 Å². The van der Waals surface area contributed by atoms with Crippen LogP contribution in [0.5, 0.6) is 0 Å². The van der Waals surface area contributed by atoms with Crippen molar-refractivity contribution in [2.24, 2.45) is 0 Å². The van der Waals surface area contributed by atoms with E-state index in [4.69, 9.17) is 5.11 Å². The van der Waals surface area contributed by atoms with Gasteiger partial charge in [-0.25, -0.2) is 4.39 Å². The lowest BCUT2D eigenvalue weighted by Crippen LogP contribution is -2.50. The van der Waals surface area contributed by atoms with E-state index in [1.807, 2.05) is 0 Å². The maximum absolute atomic E-state index is 12.9. The van der Waals surface area contributed by atoms with E-state index in [0.29, 0.717) is 5.33 Å². The maximum atomic E-state index is 12.9. The van der Waals surface area contributed by atoms with Crippen LogP contribution in [0.1, 0.15) is 12.8 Å². The van der Waals surface area contributed by atoms with E-state index in [1.165, 1.54) is 0 Å². The fourth-order valence-corrected chi connectivity index (χ4v) is 1.92. The van der Waals surface area contributed by atoms with Crippen molar-refractivity contribution in [3.8, 4) is 0 Å². The molecule has 0 amide bonds. The molecule has 0 bridgehead atoms. The lowest BCUT2D eigenvalue weighted by Gasteiger charge is -2.26. The summed E-state index contributed by atoms with van der Waals surface area (Å²) < 4.78 is 12.9. The average molecular weight is 270 g/mol. The van der Waals surface area contributed by atoms with Gasteiger partial charge in [-0.3, -0.25) is 10.1 Å². The van der Waals surface area contributed by atoms with Gasteiger partial charge in [-0.1, -0.05) is 15.9 Å². The van der Waals surface area contributed by atoms with Gasteiger partial charge >= 0.3 is 5.97 Å². The number of rotatable bonds is 4. The fourth-order valence-electron chi connectivity index (χ4n) is 1.69. The summed E-state index contributed by atoms with van der Waals surface area (Å²) in [5, 5.41) is 21.2. The Balaban J connectivity index is 2.68. The second-order valence-electron chi connectivity index (χ2n) is 3.58. The summed E-state index contributed by atoms with van der Waals surface area (Å²) >= 11 is 3.05. The minimum absolute atomic E-state index is 0.0218. The molecular formula is C8H13BrFNO3. The van der Waals surface area contributed by atoms with Gasteiger partial charge in [0.2, 0.25) is 0 Å². The standard InChI is InChI=1S/C8H13BrFNO3/c9-3-6(12)2-8(7(13)14)1-5(10)4-11-8/h5-6,11-12H,1-4H2,(H,13,14)/t5-,6?,8-/m1/s1. The molecule has 1 heterocycles. The minimum atomic E-state index is -1.30. The molecule has 0 spiro atoms. The van der Waals surface area contributed by atoms with Crippen molar-refractivity contribution in [2.45, 2.75) is 30.7 Å². The molecule has 0 radical (unpaired) electrons. The van der Waals surface area contributed by atoms with Crippen LogP contribution in [-0.2, 0) is 4.79 Å². The summed E-state index contributed by atoms with van der Waals surface area (Å²) in [6, 6.07) is 0. The number of nitrogens with one attached hydrogen (secondary N) is 1. The molecule has 1 aliphatic heterocycles. The predicted molar refractivity (Wildman–Crippen MR) is 52.3 cm³/mol. The fraction of sp³-hybridized carbons (Fsp3) is 0.875. The molecule has 1 rings (SSSR count). The highest BCUT2D eigenvalue weighted by molar-refractivity contribution is 9.09. The smallest absolute Gasteiger partial charge is 0.324 e. The Morgan fingerprint density at radius 1 is 1.79 bits per heavy atom. The molecule has 0 aromatic heterocycles. The molecule has 1 saturated heterocycles. The van der Waals surface area contributed by atoms with Crippen molar-refractivity contribution in [3.05, 3.63) is 0 Å². The summed E-state index contributed by atoms with van der Waals surface area (Å²) in [5.74, 6) is -1.10. The van der Waals surface area contributed by atoms with Gasteiger partial charge in [0, 0.05) is 24.7 Å². The summed E-state index contributed by atoms with van der Waals surface area (Å²) in [4.78, 5) is 11.0. The van der Waals surface area contributed by atoms with Gasteiger partial charge in [0.05, 0.1) is 6.10 Å². The number of alkyl halides is 2. The number of halogens is 2. The van der Waals surface area contributed by atoms with Gasteiger partial charge in [0.15, 0.2) is 0 Å². The highest BCUT2D eigenvalue weighted by Crippen LogP contribution is 2.27. The van der Waals surface area contributed by atoms with Crippen molar-refractivity contribution < 1.29 is 19.4 Å². The van der Waals surface area contributed by atoms with Crippen LogP contribution < -0.4 is 5.32 Å². The van der Waals surface area contributed by atoms with Crippen molar-refractivity contribution in [1.29, 1.82) is 0 Å². The Labute approximate surface area is 89.6 Å². The number of carbonyl (C=O) groups is 1. The Morgan fingerprint density at radius 2 is 2.43 bits per heavy atom. The highest BCUT2D eigenvalue weighted by Gasteiger charge is 2.46. The Morgan fingerprint density at radius 3 is 2.79 bits per heavy atom. The topological polar surface area (TPSA) is 69.6 Å². The molecule has 0 aliphatic carbocycles. The third-order valence-electron chi connectivity index (χ3n) is 2.40. The molecular weight excluding hydrogens is 257 g/mol. The molecule has 1 aliphatic rings. The second kappa shape index (κ2) is 4.55. The van der Waals surface area contributed by atoms with Crippen LogP contribution in [0.2, 0.25) is 0 Å².